The number of ether oxygens (including phenoxy) is 2. The third-order valence-electron chi connectivity index (χ3n) is 3.96. The molecule has 2 rings (SSSR count). The summed E-state index contributed by atoms with van der Waals surface area (Å²) in [5.41, 5.74) is -0.482. The Morgan fingerprint density at radius 1 is 0.893 bits per heavy atom. The van der Waals surface area contributed by atoms with E-state index in [4.69, 9.17) is 9.47 Å². The molecule has 0 bridgehead atoms. The molecule has 1 N–H and O–H groups in total. The number of esters is 2. The van der Waals surface area contributed by atoms with Gasteiger partial charge in [-0.1, -0.05) is 66.7 Å². The largest absolute Gasteiger partial charge is 0.459 e. The van der Waals surface area contributed by atoms with Gasteiger partial charge >= 0.3 is 11.9 Å². The molecule has 0 heterocycles. The summed E-state index contributed by atoms with van der Waals surface area (Å²) in [5, 5.41) is 2.41. The van der Waals surface area contributed by atoms with Gasteiger partial charge < -0.3 is 14.8 Å². The predicted octanol–water partition coefficient (Wildman–Crippen LogP) is 2.92. The third-order valence-corrected chi connectivity index (χ3v) is 3.96. The highest BCUT2D eigenvalue weighted by Crippen LogP contribution is 2.19. The molecule has 0 aliphatic carbocycles. The lowest BCUT2D eigenvalue weighted by Gasteiger charge is -2.29. The summed E-state index contributed by atoms with van der Waals surface area (Å²) in [4.78, 5) is 37.4. The van der Waals surface area contributed by atoms with Crippen LogP contribution in [-0.4, -0.2) is 23.4 Å². The van der Waals surface area contributed by atoms with Crippen LogP contribution in [-0.2, 0) is 37.1 Å². The van der Waals surface area contributed by atoms with Crippen LogP contribution in [0.25, 0.3) is 0 Å². The van der Waals surface area contributed by atoms with E-state index in [-0.39, 0.29) is 19.6 Å². The van der Waals surface area contributed by atoms with Gasteiger partial charge in [-0.3, -0.25) is 4.79 Å². The van der Waals surface area contributed by atoms with E-state index in [0.717, 1.165) is 11.1 Å². The van der Waals surface area contributed by atoms with Crippen molar-refractivity contribution < 1.29 is 23.9 Å². The van der Waals surface area contributed by atoms with Gasteiger partial charge in [0.2, 0.25) is 11.4 Å². The molecule has 1 amide bonds. The van der Waals surface area contributed by atoms with Gasteiger partial charge in [0.15, 0.2) is 0 Å². The Labute approximate surface area is 164 Å². The first-order valence-corrected chi connectivity index (χ1v) is 8.80. The fraction of sp³-hybridized carbons (Fsp3) is 0.227. The molecule has 0 unspecified atom stereocenters. The van der Waals surface area contributed by atoms with E-state index in [9.17, 15) is 14.4 Å². The zero-order chi connectivity index (χ0) is 20.4. The SMILES string of the molecule is C=CCC(NC(C)=O)(C(=O)OCc1ccccc1)C(=O)OCc1ccccc1. The van der Waals surface area contributed by atoms with Crippen molar-refractivity contribution in [1.82, 2.24) is 5.32 Å². The number of amides is 1. The number of carbonyl (C=O) groups is 3. The van der Waals surface area contributed by atoms with E-state index in [1.165, 1.54) is 13.0 Å². The average Bonchev–Trinajstić information content (AvgIpc) is 2.71. The molecule has 0 aliphatic rings. The van der Waals surface area contributed by atoms with Crippen molar-refractivity contribution in [2.24, 2.45) is 0 Å². The zero-order valence-electron chi connectivity index (χ0n) is 15.7. The van der Waals surface area contributed by atoms with Gasteiger partial charge in [-0.05, 0) is 11.1 Å². The lowest BCUT2D eigenvalue weighted by molar-refractivity contribution is -0.169. The van der Waals surface area contributed by atoms with Crippen molar-refractivity contribution in [3.05, 3.63) is 84.4 Å². The normalized spacial score (nSPS) is 10.6. The molecule has 0 spiro atoms. The van der Waals surface area contributed by atoms with Crippen molar-refractivity contribution in [3.8, 4) is 0 Å². The Hall–Kier alpha value is -3.41. The van der Waals surface area contributed by atoms with Crippen LogP contribution in [0.2, 0.25) is 0 Å². The molecule has 146 valence electrons. The highest BCUT2D eigenvalue weighted by Gasteiger charge is 2.49. The predicted molar refractivity (Wildman–Crippen MR) is 104 cm³/mol. The van der Waals surface area contributed by atoms with E-state index in [2.05, 4.69) is 11.9 Å². The van der Waals surface area contributed by atoms with Gasteiger partial charge in [-0.15, -0.1) is 6.58 Å². The fourth-order valence-corrected chi connectivity index (χ4v) is 2.61. The topological polar surface area (TPSA) is 81.7 Å². The molecule has 0 saturated heterocycles. The van der Waals surface area contributed by atoms with Crippen molar-refractivity contribution in [3.63, 3.8) is 0 Å². The molecule has 2 aromatic rings. The van der Waals surface area contributed by atoms with E-state index in [0.29, 0.717) is 0 Å². The van der Waals surface area contributed by atoms with E-state index >= 15 is 0 Å². The number of nitrogens with one attached hydrogen (secondary N) is 1. The average molecular weight is 381 g/mol. The molecule has 0 aromatic heterocycles. The van der Waals surface area contributed by atoms with Crippen molar-refractivity contribution >= 4 is 17.8 Å². The monoisotopic (exact) mass is 381 g/mol. The first-order chi connectivity index (χ1) is 13.5. The molecule has 0 atom stereocenters. The summed E-state index contributed by atoms with van der Waals surface area (Å²) in [5.74, 6) is -2.36. The van der Waals surface area contributed by atoms with Crippen molar-refractivity contribution in [1.29, 1.82) is 0 Å². The van der Waals surface area contributed by atoms with Crippen LogP contribution in [0.3, 0.4) is 0 Å². The highest BCUT2D eigenvalue weighted by molar-refractivity contribution is 6.07. The van der Waals surface area contributed by atoms with Gasteiger partial charge in [0.1, 0.15) is 13.2 Å². The first kappa shape index (κ1) is 20.9. The number of hydrogen-bond donors (Lipinski definition) is 1. The Balaban J connectivity index is 2.18. The van der Waals surface area contributed by atoms with Crippen LogP contribution in [0.4, 0.5) is 0 Å². The molecule has 0 saturated carbocycles. The third kappa shape index (κ3) is 5.54. The smallest absolute Gasteiger partial charge is 0.344 e. The zero-order valence-corrected chi connectivity index (χ0v) is 15.7. The molecule has 0 fully saturated rings. The second kappa shape index (κ2) is 10.1. The van der Waals surface area contributed by atoms with E-state index < -0.39 is 23.4 Å². The Morgan fingerprint density at radius 2 is 1.32 bits per heavy atom. The lowest BCUT2D eigenvalue weighted by atomic mass is 9.95. The second-order valence-corrected chi connectivity index (χ2v) is 6.20. The summed E-state index contributed by atoms with van der Waals surface area (Å²) in [7, 11) is 0. The Kier molecular flexibility index (Phi) is 7.51. The molecule has 0 radical (unpaired) electrons. The van der Waals surface area contributed by atoms with Crippen LogP contribution in [0.1, 0.15) is 24.5 Å². The molecule has 2 aromatic carbocycles. The minimum atomic E-state index is -1.99. The number of carbonyl (C=O) groups excluding carboxylic acids is 3. The van der Waals surface area contributed by atoms with Gasteiger partial charge in [0.25, 0.3) is 0 Å². The van der Waals surface area contributed by atoms with Crippen LogP contribution < -0.4 is 5.32 Å². The summed E-state index contributed by atoms with van der Waals surface area (Å²) in [6.45, 7) is 4.73. The molecular formula is C22H23NO5. The standard InChI is InChI=1S/C22H23NO5/c1-3-14-22(23-17(2)24,20(25)27-15-18-10-6-4-7-11-18)21(26)28-16-19-12-8-5-9-13-19/h3-13H,1,14-16H2,2H3,(H,23,24). The summed E-state index contributed by atoms with van der Waals surface area (Å²) >= 11 is 0. The minimum absolute atomic E-state index is 0.0376. The van der Waals surface area contributed by atoms with Crippen LogP contribution >= 0.6 is 0 Å². The molecule has 0 aliphatic heterocycles. The number of rotatable bonds is 9. The molecule has 6 heteroatoms. The van der Waals surface area contributed by atoms with Gasteiger partial charge in [0, 0.05) is 13.3 Å². The van der Waals surface area contributed by atoms with Crippen molar-refractivity contribution in [2.45, 2.75) is 32.1 Å². The molecule has 28 heavy (non-hydrogen) atoms. The maximum absolute atomic E-state index is 12.8. The van der Waals surface area contributed by atoms with E-state index in [1.54, 1.807) is 24.3 Å². The minimum Gasteiger partial charge on any atom is -0.459 e. The van der Waals surface area contributed by atoms with Crippen molar-refractivity contribution in [2.75, 3.05) is 0 Å². The Morgan fingerprint density at radius 3 is 1.68 bits per heavy atom. The number of hydrogen-bond acceptors (Lipinski definition) is 5. The second-order valence-electron chi connectivity index (χ2n) is 6.20. The lowest BCUT2D eigenvalue weighted by Crippen LogP contribution is -2.60. The summed E-state index contributed by atoms with van der Waals surface area (Å²) in [6.07, 6.45) is 1.21. The van der Waals surface area contributed by atoms with E-state index in [1.807, 2.05) is 36.4 Å². The van der Waals surface area contributed by atoms with Crippen LogP contribution in [0.15, 0.2) is 73.3 Å². The summed E-state index contributed by atoms with van der Waals surface area (Å²) in [6, 6.07) is 18.1. The van der Waals surface area contributed by atoms with Gasteiger partial charge in [0.05, 0.1) is 0 Å². The maximum atomic E-state index is 12.8. The maximum Gasteiger partial charge on any atom is 0.344 e. The fourth-order valence-electron chi connectivity index (χ4n) is 2.61. The summed E-state index contributed by atoms with van der Waals surface area (Å²) < 4.78 is 10.6. The van der Waals surface area contributed by atoms with Gasteiger partial charge in [-0.2, -0.15) is 0 Å². The van der Waals surface area contributed by atoms with Gasteiger partial charge in [-0.25, -0.2) is 9.59 Å². The number of benzene rings is 2. The first-order valence-electron chi connectivity index (χ1n) is 8.80. The van der Waals surface area contributed by atoms with Crippen LogP contribution in [0.5, 0.6) is 0 Å². The molecular weight excluding hydrogens is 358 g/mol. The molecule has 6 nitrogen and oxygen atoms in total. The van der Waals surface area contributed by atoms with Crippen LogP contribution in [0, 0.1) is 0 Å². The Bertz CT molecular complexity index is 762. The quantitative estimate of drug-likeness (QED) is 0.410. The highest BCUT2D eigenvalue weighted by atomic mass is 16.6.